The fraction of sp³-hybridized carbons (Fsp3) is 0.500. The Bertz CT molecular complexity index is 451. The predicted molar refractivity (Wildman–Crippen MR) is 77.2 cm³/mol. The number of anilines is 1. The minimum Gasteiger partial charge on any atom is -0.294 e. The number of nitrogens with zero attached hydrogens (tertiary/aromatic N) is 3. The van der Waals surface area contributed by atoms with Gasteiger partial charge in [-0.2, -0.15) is 9.97 Å². The highest BCUT2D eigenvalue weighted by Crippen LogP contribution is 2.40. The van der Waals surface area contributed by atoms with E-state index in [4.69, 9.17) is 69.6 Å². The van der Waals surface area contributed by atoms with E-state index in [1.807, 2.05) is 0 Å². The molecule has 0 fully saturated rings. The van der Waals surface area contributed by atoms with Crippen LogP contribution in [0, 0.1) is 0 Å². The van der Waals surface area contributed by atoms with Gasteiger partial charge in [0.05, 0.1) is 0 Å². The van der Waals surface area contributed by atoms with Crippen molar-refractivity contribution >= 4 is 81.5 Å². The van der Waals surface area contributed by atoms with Crippen LogP contribution in [-0.2, 0) is 12.4 Å². The van der Waals surface area contributed by atoms with Crippen LogP contribution in [0.1, 0.15) is 25.0 Å². The van der Waals surface area contributed by atoms with Crippen LogP contribution in [-0.4, -0.2) is 20.9 Å². The van der Waals surface area contributed by atoms with E-state index in [0.717, 1.165) is 0 Å². The molecular formula is C8H6Cl6N4O. The number of aromatic nitrogens is 3. The van der Waals surface area contributed by atoms with Crippen LogP contribution in [0.15, 0.2) is 0 Å². The van der Waals surface area contributed by atoms with E-state index in [9.17, 15) is 4.79 Å². The molecule has 1 rings (SSSR count). The number of halogens is 6. The second kappa shape index (κ2) is 6.33. The van der Waals surface area contributed by atoms with Crippen molar-refractivity contribution in [3.63, 3.8) is 0 Å². The maximum atomic E-state index is 11.3. The number of alkyl halides is 6. The van der Waals surface area contributed by atoms with Gasteiger partial charge in [0, 0.05) is 6.42 Å². The lowest BCUT2D eigenvalue weighted by Gasteiger charge is -2.15. The fourth-order valence-corrected chi connectivity index (χ4v) is 1.41. The van der Waals surface area contributed by atoms with Crippen molar-refractivity contribution in [2.45, 2.75) is 20.9 Å². The topological polar surface area (TPSA) is 67.8 Å². The standard InChI is InChI=1S/C8H6Cl6N4O/c1-2-3(19)15-6-17-4(7(9,10)11)16-5(18-6)8(12,13)14/h2H2,1H3,(H,15,16,17,18,19). The summed E-state index contributed by atoms with van der Waals surface area (Å²) in [5, 5.41) is 2.36. The van der Waals surface area contributed by atoms with Gasteiger partial charge in [-0.3, -0.25) is 10.1 Å². The van der Waals surface area contributed by atoms with Gasteiger partial charge in [-0.15, -0.1) is 0 Å². The van der Waals surface area contributed by atoms with Gasteiger partial charge in [0.1, 0.15) is 0 Å². The largest absolute Gasteiger partial charge is 0.294 e. The molecule has 0 atom stereocenters. The summed E-state index contributed by atoms with van der Waals surface area (Å²) in [6.45, 7) is 1.64. The van der Waals surface area contributed by atoms with Crippen molar-refractivity contribution in [2.24, 2.45) is 0 Å². The van der Waals surface area contributed by atoms with Gasteiger partial charge in [-0.05, 0) is 0 Å². The molecule has 0 unspecified atom stereocenters. The first-order valence-electron chi connectivity index (χ1n) is 4.74. The van der Waals surface area contributed by atoms with Crippen molar-refractivity contribution in [3.8, 4) is 0 Å². The molecule has 0 saturated carbocycles. The monoisotopic (exact) mass is 384 g/mol. The first-order valence-corrected chi connectivity index (χ1v) is 7.01. The molecule has 0 spiro atoms. The van der Waals surface area contributed by atoms with E-state index < -0.39 is 7.59 Å². The molecule has 1 aromatic rings. The highest BCUT2D eigenvalue weighted by atomic mass is 35.6. The van der Waals surface area contributed by atoms with E-state index in [2.05, 4.69) is 20.3 Å². The third-order valence-corrected chi connectivity index (χ3v) is 2.73. The van der Waals surface area contributed by atoms with Crippen molar-refractivity contribution < 1.29 is 4.79 Å². The van der Waals surface area contributed by atoms with Crippen LogP contribution in [0.4, 0.5) is 5.95 Å². The number of rotatable bonds is 2. The van der Waals surface area contributed by atoms with E-state index in [0.29, 0.717) is 0 Å². The van der Waals surface area contributed by atoms with Crippen LogP contribution < -0.4 is 5.32 Å². The molecule has 0 bridgehead atoms. The highest BCUT2D eigenvalue weighted by molar-refractivity contribution is 6.67. The van der Waals surface area contributed by atoms with E-state index in [1.165, 1.54) is 0 Å². The lowest BCUT2D eigenvalue weighted by Crippen LogP contribution is -2.20. The Morgan fingerprint density at radius 2 is 1.42 bits per heavy atom. The zero-order chi connectivity index (χ0) is 14.8. The molecule has 0 aliphatic heterocycles. The molecule has 0 aliphatic rings. The zero-order valence-electron chi connectivity index (χ0n) is 9.22. The molecule has 5 nitrogen and oxygen atoms in total. The summed E-state index contributed by atoms with van der Waals surface area (Å²) >= 11 is 34.0. The van der Waals surface area contributed by atoms with E-state index >= 15 is 0 Å². The van der Waals surface area contributed by atoms with Crippen LogP contribution >= 0.6 is 69.6 Å². The van der Waals surface area contributed by atoms with Gasteiger partial charge in [-0.1, -0.05) is 76.5 Å². The molecule has 1 aromatic heterocycles. The third kappa shape index (κ3) is 5.25. The Hall–Kier alpha value is 0.220. The maximum Gasteiger partial charge on any atom is 0.250 e. The number of amides is 1. The summed E-state index contributed by atoms with van der Waals surface area (Å²) in [6.07, 6.45) is 0.206. The Balaban J connectivity index is 3.29. The average Bonchev–Trinajstić information content (AvgIpc) is 2.26. The van der Waals surface area contributed by atoms with Gasteiger partial charge in [-0.25, -0.2) is 4.98 Å². The van der Waals surface area contributed by atoms with Gasteiger partial charge >= 0.3 is 0 Å². The Kier molecular flexibility index (Phi) is 5.75. The lowest BCUT2D eigenvalue weighted by atomic mass is 10.4. The van der Waals surface area contributed by atoms with Gasteiger partial charge in [0.15, 0.2) is 11.6 Å². The Morgan fingerprint density at radius 3 is 1.74 bits per heavy atom. The molecule has 0 aliphatic carbocycles. The Labute approximate surface area is 138 Å². The normalized spacial score (nSPS) is 12.4. The predicted octanol–water partition coefficient (Wildman–Crippen LogP) is 3.87. The third-order valence-electron chi connectivity index (χ3n) is 1.71. The SMILES string of the molecule is CCC(=O)Nc1nc(C(Cl)(Cl)Cl)nc(C(Cl)(Cl)Cl)n1. The molecule has 19 heavy (non-hydrogen) atoms. The summed E-state index contributed by atoms with van der Waals surface area (Å²) in [6, 6.07) is 0. The first-order chi connectivity index (χ1) is 8.54. The van der Waals surface area contributed by atoms with Crippen molar-refractivity contribution in [1.82, 2.24) is 15.0 Å². The molecule has 106 valence electrons. The van der Waals surface area contributed by atoms with E-state index in [1.54, 1.807) is 6.92 Å². The highest BCUT2D eigenvalue weighted by Gasteiger charge is 2.34. The van der Waals surface area contributed by atoms with Gasteiger partial charge in [0.2, 0.25) is 19.4 Å². The molecular weight excluding hydrogens is 381 g/mol. The zero-order valence-corrected chi connectivity index (χ0v) is 13.8. The molecule has 0 aromatic carbocycles. The second-order valence-corrected chi connectivity index (χ2v) is 7.77. The van der Waals surface area contributed by atoms with Crippen LogP contribution in [0.2, 0.25) is 0 Å². The number of nitrogens with one attached hydrogen (secondary N) is 1. The average molecular weight is 387 g/mol. The van der Waals surface area contributed by atoms with Gasteiger partial charge < -0.3 is 0 Å². The fourth-order valence-electron chi connectivity index (χ4n) is 0.898. The summed E-state index contributed by atoms with van der Waals surface area (Å²) in [5.41, 5.74) is 0. The molecule has 11 heteroatoms. The van der Waals surface area contributed by atoms with E-state index in [-0.39, 0.29) is 29.9 Å². The smallest absolute Gasteiger partial charge is 0.250 e. The summed E-state index contributed by atoms with van der Waals surface area (Å²) < 4.78 is -3.89. The van der Waals surface area contributed by atoms with Crippen molar-refractivity contribution in [2.75, 3.05) is 5.32 Å². The minimum absolute atomic E-state index is 0.162. The number of hydrogen-bond donors (Lipinski definition) is 1. The number of hydrogen-bond acceptors (Lipinski definition) is 4. The van der Waals surface area contributed by atoms with Crippen molar-refractivity contribution in [1.29, 1.82) is 0 Å². The van der Waals surface area contributed by atoms with Gasteiger partial charge in [0.25, 0.3) is 0 Å². The molecule has 1 N–H and O–H groups in total. The summed E-state index contributed by atoms with van der Waals surface area (Å²) in [4.78, 5) is 22.6. The second-order valence-electron chi connectivity index (χ2n) is 3.20. The maximum absolute atomic E-state index is 11.3. The molecule has 1 heterocycles. The lowest BCUT2D eigenvalue weighted by molar-refractivity contribution is -0.115. The molecule has 0 saturated heterocycles. The summed E-state index contributed by atoms with van der Waals surface area (Å²) in [7, 11) is 0. The summed E-state index contributed by atoms with van der Waals surface area (Å²) in [5.74, 6) is -1.04. The van der Waals surface area contributed by atoms with Crippen LogP contribution in [0.3, 0.4) is 0 Å². The van der Waals surface area contributed by atoms with Crippen LogP contribution in [0.25, 0.3) is 0 Å². The number of carbonyl (C=O) groups excluding carboxylic acids is 1. The van der Waals surface area contributed by atoms with Crippen molar-refractivity contribution in [3.05, 3.63) is 11.6 Å². The first kappa shape index (κ1) is 17.3. The quantitative estimate of drug-likeness (QED) is 0.783. The molecule has 1 amide bonds. The number of carbonyl (C=O) groups is 1. The van der Waals surface area contributed by atoms with Crippen LogP contribution in [0.5, 0.6) is 0 Å². The minimum atomic E-state index is -1.95. The molecule has 0 radical (unpaired) electrons. The Morgan fingerprint density at radius 1 is 1.00 bits per heavy atom.